The van der Waals surface area contributed by atoms with Gasteiger partial charge in [-0.3, -0.25) is 0 Å². The van der Waals surface area contributed by atoms with E-state index in [4.69, 9.17) is 11.5 Å². The van der Waals surface area contributed by atoms with Gasteiger partial charge in [0.15, 0.2) is 0 Å². The zero-order valence-electron chi connectivity index (χ0n) is 8.44. The molecule has 4 N–H and O–H groups in total. The first-order valence-corrected chi connectivity index (χ1v) is 4.44. The molecule has 0 aliphatic carbocycles. The molecule has 0 radical (unpaired) electrons. The van der Waals surface area contributed by atoms with Crippen LogP contribution in [0.4, 0.5) is 4.39 Å². The smallest absolute Gasteiger partial charge is 0.211 e. The molecule has 0 aliphatic rings. The summed E-state index contributed by atoms with van der Waals surface area (Å²) in [5.74, 6) is -0.328. The number of nitrogens with two attached hydrogens (primary N) is 2. The third kappa shape index (κ3) is 4.21. The molecule has 1 aromatic carbocycles. The Morgan fingerprint density at radius 3 is 2.33 bits per heavy atom. The number of guanidine groups is 1. The summed E-state index contributed by atoms with van der Waals surface area (Å²) in [6.45, 7) is 1.80. The van der Waals surface area contributed by atoms with Crippen molar-refractivity contribution in [3.05, 3.63) is 35.6 Å². The lowest BCUT2D eigenvalue weighted by molar-refractivity contribution is 0.627. The van der Waals surface area contributed by atoms with E-state index in [1.807, 2.05) is 0 Å². The van der Waals surface area contributed by atoms with Crippen LogP contribution in [0.1, 0.15) is 12.5 Å². The van der Waals surface area contributed by atoms with Gasteiger partial charge in [0, 0.05) is 12.1 Å². The molecule has 15 heavy (non-hydrogen) atoms. The van der Waals surface area contributed by atoms with Crippen molar-refractivity contribution in [3.8, 4) is 0 Å². The molecule has 1 rings (SSSR count). The Hall–Kier alpha value is -1.91. The second-order valence-corrected chi connectivity index (χ2v) is 3.16. The Morgan fingerprint density at radius 2 is 1.80 bits per heavy atom. The van der Waals surface area contributed by atoms with Gasteiger partial charge in [-0.05, 0) is 24.6 Å². The molecule has 0 amide bonds. The van der Waals surface area contributed by atoms with Gasteiger partial charge in [-0.25, -0.2) is 4.39 Å². The summed E-state index contributed by atoms with van der Waals surface area (Å²) in [5.41, 5.74) is 12.0. The highest BCUT2D eigenvalue weighted by molar-refractivity contribution is 5.85. The minimum Gasteiger partial charge on any atom is -0.369 e. The molecular formula is C10H13FN4. The largest absolute Gasteiger partial charge is 0.369 e. The number of benzene rings is 1. The molecule has 0 aliphatic heterocycles. The first kappa shape index (κ1) is 11.2. The minimum atomic E-state index is -0.252. The van der Waals surface area contributed by atoms with E-state index in [0.717, 1.165) is 11.3 Å². The molecule has 0 fully saturated rings. The maximum Gasteiger partial charge on any atom is 0.211 e. The standard InChI is InChI=1S/C10H13FN4/c1-7(14-15-10(12)13)6-8-2-4-9(11)5-3-8/h2-5H,6H2,1H3,(H4,12,13,15)/b14-7-. The summed E-state index contributed by atoms with van der Waals surface area (Å²) >= 11 is 0. The summed E-state index contributed by atoms with van der Waals surface area (Å²) in [6, 6.07) is 6.21. The number of rotatable bonds is 3. The minimum absolute atomic E-state index is 0.0755. The Bertz CT molecular complexity index is 377. The molecule has 4 nitrogen and oxygen atoms in total. The lowest BCUT2D eigenvalue weighted by Crippen LogP contribution is -2.22. The highest BCUT2D eigenvalue weighted by Crippen LogP contribution is 2.04. The van der Waals surface area contributed by atoms with E-state index in [1.165, 1.54) is 12.1 Å². The Morgan fingerprint density at radius 1 is 1.20 bits per heavy atom. The fraction of sp³-hybridized carbons (Fsp3) is 0.200. The van der Waals surface area contributed by atoms with E-state index in [-0.39, 0.29) is 11.8 Å². The van der Waals surface area contributed by atoms with Gasteiger partial charge >= 0.3 is 0 Å². The molecule has 5 heteroatoms. The fourth-order valence-corrected chi connectivity index (χ4v) is 1.08. The average molecular weight is 208 g/mol. The summed E-state index contributed by atoms with van der Waals surface area (Å²) < 4.78 is 12.6. The summed E-state index contributed by atoms with van der Waals surface area (Å²) in [7, 11) is 0. The van der Waals surface area contributed by atoms with Gasteiger partial charge in [-0.15, -0.1) is 5.10 Å². The van der Waals surface area contributed by atoms with E-state index in [0.29, 0.717) is 6.42 Å². The average Bonchev–Trinajstić information content (AvgIpc) is 2.19. The SMILES string of the molecule is C/C(Cc1ccc(F)cc1)=N/N=C(N)N. The van der Waals surface area contributed by atoms with E-state index in [2.05, 4.69) is 10.2 Å². The summed E-state index contributed by atoms with van der Waals surface area (Å²) in [6.07, 6.45) is 0.594. The quantitative estimate of drug-likeness (QED) is 0.442. The van der Waals surface area contributed by atoms with Gasteiger partial charge in [0.25, 0.3) is 0 Å². The lowest BCUT2D eigenvalue weighted by atomic mass is 10.1. The zero-order chi connectivity index (χ0) is 11.3. The summed E-state index contributed by atoms with van der Waals surface area (Å²) in [4.78, 5) is 0. The van der Waals surface area contributed by atoms with Gasteiger partial charge in [-0.2, -0.15) is 5.10 Å². The molecule has 1 aromatic rings. The predicted molar refractivity (Wildman–Crippen MR) is 59.0 cm³/mol. The van der Waals surface area contributed by atoms with Crippen LogP contribution in [0.25, 0.3) is 0 Å². The second-order valence-electron chi connectivity index (χ2n) is 3.16. The molecule has 80 valence electrons. The highest BCUT2D eigenvalue weighted by Gasteiger charge is 1.96. The Kier molecular flexibility index (Phi) is 3.79. The van der Waals surface area contributed by atoms with Crippen LogP contribution in [0, 0.1) is 5.82 Å². The molecule has 0 unspecified atom stereocenters. The maximum absolute atomic E-state index is 12.6. The molecule has 0 saturated heterocycles. The summed E-state index contributed by atoms with van der Waals surface area (Å²) in [5, 5.41) is 7.33. The van der Waals surface area contributed by atoms with E-state index in [9.17, 15) is 4.39 Å². The topological polar surface area (TPSA) is 76.8 Å². The van der Waals surface area contributed by atoms with Gasteiger partial charge in [0.1, 0.15) is 5.82 Å². The van der Waals surface area contributed by atoms with Crippen molar-refractivity contribution in [2.75, 3.05) is 0 Å². The normalized spacial score (nSPS) is 11.2. The first-order chi connectivity index (χ1) is 7.08. The number of halogens is 1. The third-order valence-electron chi connectivity index (χ3n) is 1.71. The van der Waals surface area contributed by atoms with Crippen molar-refractivity contribution in [2.24, 2.45) is 21.7 Å². The van der Waals surface area contributed by atoms with Gasteiger partial charge in [-0.1, -0.05) is 12.1 Å². The van der Waals surface area contributed by atoms with Crippen LogP contribution in [0.3, 0.4) is 0 Å². The van der Waals surface area contributed by atoms with E-state index >= 15 is 0 Å². The molecule has 0 aromatic heterocycles. The first-order valence-electron chi connectivity index (χ1n) is 4.44. The molecule has 0 bridgehead atoms. The third-order valence-corrected chi connectivity index (χ3v) is 1.71. The van der Waals surface area contributed by atoms with Crippen molar-refractivity contribution in [1.82, 2.24) is 0 Å². The highest BCUT2D eigenvalue weighted by atomic mass is 19.1. The van der Waals surface area contributed by atoms with Gasteiger partial charge < -0.3 is 11.5 Å². The molecule has 0 saturated carbocycles. The molecule has 0 spiro atoms. The molecule has 0 heterocycles. The second kappa shape index (κ2) is 5.09. The van der Waals surface area contributed by atoms with Crippen LogP contribution in [-0.2, 0) is 6.42 Å². The van der Waals surface area contributed by atoms with Gasteiger partial charge in [0.2, 0.25) is 5.96 Å². The lowest BCUT2D eigenvalue weighted by Gasteiger charge is -1.99. The van der Waals surface area contributed by atoms with Crippen molar-refractivity contribution < 1.29 is 4.39 Å². The van der Waals surface area contributed by atoms with Crippen LogP contribution < -0.4 is 11.5 Å². The van der Waals surface area contributed by atoms with Gasteiger partial charge in [0.05, 0.1) is 0 Å². The molecule has 0 atom stereocenters. The van der Waals surface area contributed by atoms with Crippen molar-refractivity contribution in [3.63, 3.8) is 0 Å². The van der Waals surface area contributed by atoms with Crippen molar-refractivity contribution in [1.29, 1.82) is 0 Å². The maximum atomic E-state index is 12.6. The fourth-order valence-electron chi connectivity index (χ4n) is 1.08. The van der Waals surface area contributed by atoms with E-state index in [1.54, 1.807) is 19.1 Å². The number of nitrogens with zero attached hydrogens (tertiary/aromatic N) is 2. The Labute approximate surface area is 87.5 Å². The van der Waals surface area contributed by atoms with Crippen molar-refractivity contribution in [2.45, 2.75) is 13.3 Å². The molecular weight excluding hydrogens is 195 g/mol. The van der Waals surface area contributed by atoms with Crippen LogP contribution in [0.2, 0.25) is 0 Å². The predicted octanol–water partition coefficient (Wildman–Crippen LogP) is 1.02. The van der Waals surface area contributed by atoms with Crippen LogP contribution in [-0.4, -0.2) is 11.7 Å². The van der Waals surface area contributed by atoms with Crippen molar-refractivity contribution >= 4 is 11.7 Å². The van der Waals surface area contributed by atoms with E-state index < -0.39 is 0 Å². The van der Waals surface area contributed by atoms with Crippen LogP contribution >= 0.6 is 0 Å². The van der Waals surface area contributed by atoms with Crippen LogP contribution in [0.15, 0.2) is 34.5 Å². The number of hydrogen-bond acceptors (Lipinski definition) is 2. The zero-order valence-corrected chi connectivity index (χ0v) is 8.44. The Balaban J connectivity index is 2.66. The monoisotopic (exact) mass is 208 g/mol. The van der Waals surface area contributed by atoms with Crippen LogP contribution in [0.5, 0.6) is 0 Å². The number of hydrogen-bond donors (Lipinski definition) is 2.